The van der Waals surface area contributed by atoms with Gasteiger partial charge in [-0.05, 0) is 40.1 Å². The van der Waals surface area contributed by atoms with Gasteiger partial charge in [-0.1, -0.05) is 20.8 Å². The third-order valence-corrected chi connectivity index (χ3v) is 2.52. The largest absolute Gasteiger partial charge is 0.369 e. The van der Waals surface area contributed by atoms with Crippen LogP contribution >= 0.6 is 9.47 Å². The summed E-state index contributed by atoms with van der Waals surface area (Å²) in [6.45, 7) is 7.10. The van der Waals surface area contributed by atoms with Crippen molar-refractivity contribution in [1.29, 1.82) is 0 Å². The lowest BCUT2D eigenvalue weighted by Gasteiger charge is -2.04. The molecule has 0 N–H and O–H groups in total. The fraction of sp³-hybridized carbons (Fsp3) is 1.00. The molecule has 0 spiro atoms. The van der Waals surface area contributed by atoms with Crippen molar-refractivity contribution >= 4 is 9.47 Å². The van der Waals surface area contributed by atoms with Crippen LogP contribution in [0.2, 0.25) is 0 Å². The Morgan fingerprint density at radius 3 is 1.45 bits per heavy atom. The molecule has 0 radical (unpaired) electrons. The second-order valence-corrected chi connectivity index (χ2v) is 4.24. The maximum Gasteiger partial charge on any atom is 0.0391 e. The molecule has 0 heterocycles. The minimum atomic E-state index is 0.991. The van der Waals surface area contributed by atoms with E-state index in [0.29, 0.717) is 0 Å². The predicted molar refractivity (Wildman–Crippen MR) is 53.4 cm³/mol. The lowest BCUT2D eigenvalue weighted by atomic mass is 10.0. The molecule has 1 nitrogen and oxygen atoms in total. The van der Waals surface area contributed by atoms with E-state index in [2.05, 4.69) is 34.8 Å². The van der Waals surface area contributed by atoms with Gasteiger partial charge < -0.3 is 4.52 Å². The summed E-state index contributed by atoms with van der Waals surface area (Å²) >= 11 is 0. The van der Waals surface area contributed by atoms with Gasteiger partial charge in [0.1, 0.15) is 0 Å². The van der Waals surface area contributed by atoms with E-state index in [1.165, 1.54) is 12.8 Å². The van der Waals surface area contributed by atoms with E-state index < -0.39 is 0 Å². The Morgan fingerprint density at radius 2 is 1.36 bits per heavy atom. The van der Waals surface area contributed by atoms with E-state index in [1.807, 2.05) is 0 Å². The molecule has 3 atom stereocenters. The summed E-state index contributed by atoms with van der Waals surface area (Å²) in [5.74, 6) is 2.98. The standard InChI is InChI=1S/C8H16.CH5OP/c1-6-4-7(2)8(3)5-6;1-2-3/h6-8H,4-5H2,1-3H3;3H2,1H3. The molecule has 1 aliphatic rings. The Balaban J connectivity index is 0.000000292. The summed E-state index contributed by atoms with van der Waals surface area (Å²) in [7, 11) is 3.67. The maximum atomic E-state index is 4.17. The number of rotatable bonds is 0. The molecular formula is C9H21OP. The third-order valence-electron chi connectivity index (χ3n) is 2.52. The average Bonchev–Trinajstić information content (AvgIpc) is 2.12. The lowest BCUT2D eigenvalue weighted by molar-refractivity contribution is 0.457. The fourth-order valence-electron chi connectivity index (χ4n) is 1.83. The molecule has 1 aliphatic carbocycles. The summed E-state index contributed by atoms with van der Waals surface area (Å²) in [6.07, 6.45) is 2.92. The van der Waals surface area contributed by atoms with Crippen LogP contribution in [0.5, 0.6) is 0 Å². The summed E-state index contributed by atoms with van der Waals surface area (Å²) in [4.78, 5) is 0. The Hall–Kier alpha value is 0.390. The van der Waals surface area contributed by atoms with E-state index in [-0.39, 0.29) is 0 Å². The van der Waals surface area contributed by atoms with E-state index in [9.17, 15) is 0 Å². The zero-order valence-corrected chi connectivity index (χ0v) is 9.29. The molecule has 0 amide bonds. The van der Waals surface area contributed by atoms with Gasteiger partial charge in [0.05, 0.1) is 0 Å². The van der Waals surface area contributed by atoms with Crippen LogP contribution < -0.4 is 0 Å². The Morgan fingerprint density at radius 1 is 1.09 bits per heavy atom. The SMILES string of the molecule is CC1CC(C)C(C)C1.COP. The highest BCUT2D eigenvalue weighted by Crippen LogP contribution is 2.34. The van der Waals surface area contributed by atoms with Crippen LogP contribution in [0.4, 0.5) is 0 Å². The molecule has 0 aromatic rings. The van der Waals surface area contributed by atoms with E-state index in [0.717, 1.165) is 17.8 Å². The molecular weight excluding hydrogens is 155 g/mol. The van der Waals surface area contributed by atoms with Crippen molar-refractivity contribution in [2.75, 3.05) is 7.11 Å². The first-order chi connectivity index (χ1) is 5.11. The van der Waals surface area contributed by atoms with E-state index >= 15 is 0 Å². The van der Waals surface area contributed by atoms with Gasteiger partial charge >= 0.3 is 0 Å². The van der Waals surface area contributed by atoms with Crippen molar-refractivity contribution < 1.29 is 4.52 Å². The van der Waals surface area contributed by atoms with Crippen LogP contribution in [-0.2, 0) is 4.52 Å². The molecule has 2 heteroatoms. The third kappa shape index (κ3) is 4.76. The van der Waals surface area contributed by atoms with Gasteiger partial charge in [0.25, 0.3) is 0 Å². The minimum Gasteiger partial charge on any atom is -0.369 e. The molecule has 1 fully saturated rings. The zero-order valence-electron chi connectivity index (χ0n) is 8.13. The molecule has 3 unspecified atom stereocenters. The summed E-state index contributed by atoms with van der Waals surface area (Å²) < 4.78 is 4.17. The van der Waals surface area contributed by atoms with E-state index in [1.54, 1.807) is 7.11 Å². The Bertz CT molecular complexity index is 85.6. The maximum absolute atomic E-state index is 4.17. The number of hydrogen-bond acceptors (Lipinski definition) is 1. The molecule has 1 rings (SSSR count). The van der Waals surface area contributed by atoms with Crippen LogP contribution in [0.1, 0.15) is 33.6 Å². The van der Waals surface area contributed by atoms with Crippen molar-refractivity contribution in [2.24, 2.45) is 17.8 Å². The first-order valence-corrected chi connectivity index (χ1v) is 4.81. The normalized spacial score (nSPS) is 36.3. The highest BCUT2D eigenvalue weighted by atomic mass is 31.0. The molecule has 0 aromatic carbocycles. The van der Waals surface area contributed by atoms with E-state index in [4.69, 9.17) is 0 Å². The molecule has 68 valence electrons. The van der Waals surface area contributed by atoms with Gasteiger partial charge in [-0.3, -0.25) is 0 Å². The Labute approximate surface area is 73.2 Å². The molecule has 0 bridgehead atoms. The van der Waals surface area contributed by atoms with Crippen LogP contribution in [0.15, 0.2) is 0 Å². The number of hydrogen-bond donors (Lipinski definition) is 0. The first kappa shape index (κ1) is 11.4. The Kier molecular flexibility index (Phi) is 6.18. The van der Waals surface area contributed by atoms with Gasteiger partial charge in [0, 0.05) is 7.11 Å². The monoisotopic (exact) mass is 176 g/mol. The van der Waals surface area contributed by atoms with Gasteiger partial charge in [0.15, 0.2) is 0 Å². The zero-order chi connectivity index (χ0) is 8.85. The highest BCUT2D eigenvalue weighted by Gasteiger charge is 2.24. The van der Waals surface area contributed by atoms with Crippen molar-refractivity contribution in [3.8, 4) is 0 Å². The van der Waals surface area contributed by atoms with Gasteiger partial charge in [-0.2, -0.15) is 0 Å². The lowest BCUT2D eigenvalue weighted by Crippen LogP contribution is -1.95. The van der Waals surface area contributed by atoms with Crippen LogP contribution in [0.25, 0.3) is 0 Å². The quantitative estimate of drug-likeness (QED) is 0.515. The topological polar surface area (TPSA) is 9.23 Å². The van der Waals surface area contributed by atoms with Gasteiger partial charge in [-0.25, -0.2) is 0 Å². The molecule has 0 aromatic heterocycles. The first-order valence-electron chi connectivity index (χ1n) is 4.34. The summed E-state index contributed by atoms with van der Waals surface area (Å²) in [6, 6.07) is 0. The highest BCUT2D eigenvalue weighted by molar-refractivity contribution is 7.09. The van der Waals surface area contributed by atoms with Crippen LogP contribution in [-0.4, -0.2) is 7.11 Å². The molecule has 0 aliphatic heterocycles. The second kappa shape index (κ2) is 5.97. The van der Waals surface area contributed by atoms with Crippen molar-refractivity contribution in [3.05, 3.63) is 0 Å². The minimum absolute atomic E-state index is 0.991. The van der Waals surface area contributed by atoms with Crippen molar-refractivity contribution in [1.82, 2.24) is 0 Å². The van der Waals surface area contributed by atoms with Crippen LogP contribution in [0.3, 0.4) is 0 Å². The smallest absolute Gasteiger partial charge is 0.0391 e. The molecule has 0 saturated heterocycles. The van der Waals surface area contributed by atoms with Gasteiger partial charge in [0.2, 0.25) is 0 Å². The molecule has 11 heavy (non-hydrogen) atoms. The average molecular weight is 176 g/mol. The summed E-state index contributed by atoms with van der Waals surface area (Å²) in [5.41, 5.74) is 0. The van der Waals surface area contributed by atoms with Gasteiger partial charge in [-0.15, -0.1) is 0 Å². The second-order valence-electron chi connectivity index (χ2n) is 3.77. The van der Waals surface area contributed by atoms with Crippen molar-refractivity contribution in [2.45, 2.75) is 33.6 Å². The predicted octanol–water partition coefficient (Wildman–Crippen LogP) is 3.11. The molecule has 1 saturated carbocycles. The van der Waals surface area contributed by atoms with Crippen molar-refractivity contribution in [3.63, 3.8) is 0 Å². The fourth-order valence-corrected chi connectivity index (χ4v) is 1.83. The summed E-state index contributed by atoms with van der Waals surface area (Å²) in [5, 5.41) is 0. The van der Waals surface area contributed by atoms with Crippen LogP contribution in [0, 0.1) is 17.8 Å².